The third kappa shape index (κ3) is 3.68. The summed E-state index contributed by atoms with van der Waals surface area (Å²) in [5, 5.41) is 15.1. The number of nitriles is 1. The summed E-state index contributed by atoms with van der Waals surface area (Å²) >= 11 is 0. The lowest BCUT2D eigenvalue weighted by Crippen LogP contribution is -2.04. The molecule has 0 aromatic carbocycles. The summed E-state index contributed by atoms with van der Waals surface area (Å²) in [5.41, 5.74) is 5.20. The minimum Gasteiger partial charge on any atom is -0.330 e. The molecule has 0 heterocycles. The Balaban J connectivity index is 3.34. The molecule has 3 nitrogen and oxygen atoms in total. The van der Waals surface area contributed by atoms with Gasteiger partial charge in [-0.05, 0) is 19.4 Å². The second kappa shape index (κ2) is 5.26. The largest absolute Gasteiger partial charge is 0.330 e. The molecule has 50 valence electrons. The molecule has 3 N–H and O–H groups in total. The zero-order valence-corrected chi connectivity index (χ0v) is 5.30. The smallest absolute Gasteiger partial charge is 0.0809 e. The lowest BCUT2D eigenvalue weighted by Gasteiger charge is -1.97. The fourth-order valence-electron chi connectivity index (χ4n) is 0.523. The van der Waals surface area contributed by atoms with Crippen LogP contribution >= 0.6 is 0 Å². The molecular weight excluding hydrogens is 114 g/mol. The Labute approximate surface area is 55.0 Å². The van der Waals surface area contributed by atoms with Crippen molar-refractivity contribution in [1.82, 2.24) is 0 Å². The van der Waals surface area contributed by atoms with Gasteiger partial charge in [-0.2, -0.15) is 5.26 Å². The van der Waals surface area contributed by atoms with Gasteiger partial charge >= 0.3 is 0 Å². The standard InChI is InChI=1S/C6H11N3/c7-3-1-2-6(4-8)5-9/h4,6,8H,1-3,7H2. The maximum Gasteiger partial charge on any atom is 0.0809 e. The number of nitrogens with one attached hydrogen (secondary N) is 1. The molecule has 0 aromatic heterocycles. The Morgan fingerprint density at radius 3 is 2.78 bits per heavy atom. The van der Waals surface area contributed by atoms with Crippen molar-refractivity contribution in [2.45, 2.75) is 12.8 Å². The highest BCUT2D eigenvalue weighted by molar-refractivity contribution is 5.60. The summed E-state index contributed by atoms with van der Waals surface area (Å²) in [5.74, 6) is -0.228. The van der Waals surface area contributed by atoms with Gasteiger partial charge in [0.15, 0.2) is 0 Å². The molecular formula is C6H11N3. The monoisotopic (exact) mass is 125 g/mol. The van der Waals surface area contributed by atoms with Gasteiger partial charge in [0, 0.05) is 6.21 Å². The van der Waals surface area contributed by atoms with Crippen LogP contribution in [0.4, 0.5) is 0 Å². The highest BCUT2D eigenvalue weighted by Gasteiger charge is 1.99. The number of nitrogens with zero attached hydrogens (tertiary/aromatic N) is 1. The van der Waals surface area contributed by atoms with E-state index in [-0.39, 0.29) is 5.92 Å². The number of hydrogen-bond donors (Lipinski definition) is 2. The topological polar surface area (TPSA) is 73.7 Å². The van der Waals surface area contributed by atoms with Gasteiger partial charge < -0.3 is 11.1 Å². The van der Waals surface area contributed by atoms with Crippen LogP contribution in [0.1, 0.15) is 12.8 Å². The molecule has 0 rings (SSSR count). The van der Waals surface area contributed by atoms with Crippen LogP contribution in [0.5, 0.6) is 0 Å². The van der Waals surface area contributed by atoms with E-state index in [9.17, 15) is 0 Å². The van der Waals surface area contributed by atoms with Gasteiger partial charge in [0.25, 0.3) is 0 Å². The van der Waals surface area contributed by atoms with Crippen LogP contribution in [-0.2, 0) is 0 Å². The Bertz CT molecular complexity index is 114. The van der Waals surface area contributed by atoms with Crippen molar-refractivity contribution in [3.05, 3.63) is 0 Å². The van der Waals surface area contributed by atoms with Crippen LogP contribution < -0.4 is 5.73 Å². The summed E-state index contributed by atoms with van der Waals surface area (Å²) in [4.78, 5) is 0. The Hall–Kier alpha value is -0.880. The molecule has 9 heavy (non-hydrogen) atoms. The quantitative estimate of drug-likeness (QED) is 0.537. The predicted molar refractivity (Wildman–Crippen MR) is 36.2 cm³/mol. The minimum atomic E-state index is -0.228. The first kappa shape index (κ1) is 8.12. The maximum absolute atomic E-state index is 8.31. The second-order valence-corrected chi connectivity index (χ2v) is 1.83. The predicted octanol–water partition coefficient (Wildman–Crippen LogP) is 0.515. The Kier molecular flexibility index (Phi) is 4.75. The molecule has 0 saturated heterocycles. The Morgan fingerprint density at radius 1 is 1.78 bits per heavy atom. The fraction of sp³-hybridized carbons (Fsp3) is 0.667. The van der Waals surface area contributed by atoms with E-state index >= 15 is 0 Å². The number of rotatable bonds is 4. The van der Waals surface area contributed by atoms with Crippen LogP contribution in [-0.4, -0.2) is 12.8 Å². The molecule has 0 spiro atoms. The molecule has 1 atom stereocenters. The first-order chi connectivity index (χ1) is 4.35. The minimum absolute atomic E-state index is 0.228. The van der Waals surface area contributed by atoms with Crippen LogP contribution in [0.15, 0.2) is 0 Å². The van der Waals surface area contributed by atoms with E-state index in [1.807, 2.05) is 6.07 Å². The van der Waals surface area contributed by atoms with Gasteiger partial charge in [-0.25, -0.2) is 0 Å². The molecule has 0 fully saturated rings. The lowest BCUT2D eigenvalue weighted by atomic mass is 10.1. The molecule has 0 amide bonds. The highest BCUT2D eigenvalue weighted by Crippen LogP contribution is 1.99. The molecule has 0 saturated carbocycles. The van der Waals surface area contributed by atoms with Crippen molar-refractivity contribution in [1.29, 1.82) is 10.7 Å². The SMILES string of the molecule is N#CC(C=N)CCCN. The van der Waals surface area contributed by atoms with Gasteiger partial charge in [0.05, 0.1) is 12.0 Å². The van der Waals surface area contributed by atoms with Crippen molar-refractivity contribution in [3.8, 4) is 6.07 Å². The van der Waals surface area contributed by atoms with E-state index < -0.39 is 0 Å². The van der Waals surface area contributed by atoms with Crippen LogP contribution in [0, 0.1) is 22.7 Å². The molecule has 0 radical (unpaired) electrons. The lowest BCUT2D eigenvalue weighted by molar-refractivity contribution is 0.701. The van der Waals surface area contributed by atoms with E-state index in [0.29, 0.717) is 6.54 Å². The van der Waals surface area contributed by atoms with E-state index in [1.54, 1.807) is 0 Å². The van der Waals surface area contributed by atoms with Gasteiger partial charge in [-0.1, -0.05) is 0 Å². The number of hydrogen-bond acceptors (Lipinski definition) is 3. The highest BCUT2D eigenvalue weighted by atomic mass is 14.5. The first-order valence-corrected chi connectivity index (χ1v) is 2.95. The third-order valence-corrected chi connectivity index (χ3v) is 1.09. The van der Waals surface area contributed by atoms with Gasteiger partial charge in [0.2, 0.25) is 0 Å². The van der Waals surface area contributed by atoms with Crippen molar-refractivity contribution in [3.63, 3.8) is 0 Å². The van der Waals surface area contributed by atoms with Gasteiger partial charge in [-0.15, -0.1) is 0 Å². The van der Waals surface area contributed by atoms with Crippen molar-refractivity contribution in [2.24, 2.45) is 11.7 Å². The van der Waals surface area contributed by atoms with Crippen LogP contribution in [0.3, 0.4) is 0 Å². The van der Waals surface area contributed by atoms with Crippen molar-refractivity contribution < 1.29 is 0 Å². The average molecular weight is 125 g/mol. The second-order valence-electron chi connectivity index (χ2n) is 1.83. The van der Waals surface area contributed by atoms with Crippen molar-refractivity contribution in [2.75, 3.05) is 6.54 Å². The van der Waals surface area contributed by atoms with E-state index in [0.717, 1.165) is 19.1 Å². The number of nitrogens with two attached hydrogens (primary N) is 1. The maximum atomic E-state index is 8.31. The molecule has 0 aliphatic rings. The van der Waals surface area contributed by atoms with Gasteiger partial charge in [0.1, 0.15) is 0 Å². The third-order valence-electron chi connectivity index (χ3n) is 1.09. The normalized spacial score (nSPS) is 12.0. The summed E-state index contributed by atoms with van der Waals surface area (Å²) in [7, 11) is 0. The van der Waals surface area contributed by atoms with E-state index in [1.165, 1.54) is 0 Å². The van der Waals surface area contributed by atoms with E-state index in [4.69, 9.17) is 16.4 Å². The molecule has 0 bridgehead atoms. The summed E-state index contributed by atoms with van der Waals surface area (Å²) < 4.78 is 0. The molecule has 0 aliphatic carbocycles. The van der Waals surface area contributed by atoms with Gasteiger partial charge in [-0.3, -0.25) is 0 Å². The summed E-state index contributed by atoms with van der Waals surface area (Å²) in [6, 6.07) is 1.99. The average Bonchev–Trinajstić information content (AvgIpc) is 1.91. The first-order valence-electron chi connectivity index (χ1n) is 2.95. The van der Waals surface area contributed by atoms with Crippen LogP contribution in [0.25, 0.3) is 0 Å². The van der Waals surface area contributed by atoms with E-state index in [2.05, 4.69) is 0 Å². The molecule has 0 aliphatic heterocycles. The zero-order valence-electron chi connectivity index (χ0n) is 5.30. The Morgan fingerprint density at radius 2 is 2.44 bits per heavy atom. The fourth-order valence-corrected chi connectivity index (χ4v) is 0.523. The van der Waals surface area contributed by atoms with Crippen LogP contribution in [0.2, 0.25) is 0 Å². The summed E-state index contributed by atoms with van der Waals surface area (Å²) in [6.45, 7) is 0.603. The molecule has 1 unspecified atom stereocenters. The summed E-state index contributed by atoms with van der Waals surface area (Å²) in [6.07, 6.45) is 2.71. The zero-order chi connectivity index (χ0) is 7.11. The molecule has 3 heteroatoms. The molecule has 0 aromatic rings. The van der Waals surface area contributed by atoms with Crippen molar-refractivity contribution >= 4 is 6.21 Å².